The second kappa shape index (κ2) is 7.53. The molecule has 0 amide bonds. The van der Waals surface area contributed by atoms with Gasteiger partial charge in [-0.15, -0.1) is 0 Å². The largest absolute Gasteiger partial charge is 0.337 e. The predicted molar refractivity (Wildman–Crippen MR) is 107 cm³/mol. The van der Waals surface area contributed by atoms with Crippen LogP contribution in [-0.2, 0) is 11.3 Å². The van der Waals surface area contributed by atoms with Gasteiger partial charge >= 0.3 is 0 Å². The second-order valence-electron chi connectivity index (χ2n) is 5.84. The van der Waals surface area contributed by atoms with E-state index in [4.69, 9.17) is 9.54 Å². The lowest BCUT2D eigenvalue weighted by Gasteiger charge is -2.06. The van der Waals surface area contributed by atoms with Crippen molar-refractivity contribution < 1.29 is 8.76 Å². The Morgan fingerprint density at radius 1 is 0.889 bits per heavy atom. The molecule has 2 aromatic heterocycles. The Morgan fingerprint density at radius 3 is 2.37 bits per heavy atom. The van der Waals surface area contributed by atoms with Crippen LogP contribution in [0.1, 0.15) is 0 Å². The van der Waals surface area contributed by atoms with Gasteiger partial charge in [-0.3, -0.25) is 14.3 Å². The standard InChI is InChI=1S/C20H16N4O2S/c25-27(26)24-17-8-4-7-16(13-17)19-18(14-9-11-21-12-10-14)22-20(23-19)15-5-2-1-3-6-15/h1-13,24H,(H,22,23)(H,25,26). The number of nitrogens with one attached hydrogen (secondary N) is 2. The fourth-order valence-corrected chi connectivity index (χ4v) is 3.20. The lowest BCUT2D eigenvalue weighted by Crippen LogP contribution is -2.01. The molecule has 0 bridgehead atoms. The first-order chi connectivity index (χ1) is 13.2. The molecule has 3 N–H and O–H groups in total. The van der Waals surface area contributed by atoms with E-state index in [-0.39, 0.29) is 0 Å². The number of pyridine rings is 1. The number of hydrogen-bond acceptors (Lipinski definition) is 3. The average Bonchev–Trinajstić information content (AvgIpc) is 3.15. The normalized spacial score (nSPS) is 11.9. The molecule has 1 unspecified atom stereocenters. The Kier molecular flexibility index (Phi) is 4.78. The summed E-state index contributed by atoms with van der Waals surface area (Å²) in [5.74, 6) is 0.751. The quantitative estimate of drug-likeness (QED) is 0.452. The summed E-state index contributed by atoms with van der Waals surface area (Å²) in [6, 6.07) is 21.0. The van der Waals surface area contributed by atoms with Crippen molar-refractivity contribution in [3.05, 3.63) is 79.1 Å². The third kappa shape index (κ3) is 3.79. The Balaban J connectivity index is 1.86. The monoisotopic (exact) mass is 376 g/mol. The molecule has 7 heteroatoms. The maximum atomic E-state index is 11.1. The Morgan fingerprint density at radius 2 is 1.63 bits per heavy atom. The smallest absolute Gasteiger partial charge is 0.259 e. The molecule has 2 aromatic carbocycles. The van der Waals surface area contributed by atoms with Crippen LogP contribution >= 0.6 is 0 Å². The van der Waals surface area contributed by atoms with E-state index in [1.807, 2.05) is 54.6 Å². The summed E-state index contributed by atoms with van der Waals surface area (Å²) < 4.78 is 22.6. The number of rotatable bonds is 5. The Labute approximate surface area is 158 Å². The van der Waals surface area contributed by atoms with Crippen LogP contribution in [-0.4, -0.2) is 23.7 Å². The first-order valence-electron chi connectivity index (χ1n) is 8.24. The number of H-pyrrole nitrogens is 1. The van der Waals surface area contributed by atoms with Gasteiger partial charge in [0.05, 0.1) is 11.4 Å². The molecule has 6 nitrogen and oxygen atoms in total. The zero-order chi connectivity index (χ0) is 18.6. The van der Waals surface area contributed by atoms with Crippen molar-refractivity contribution in [3.8, 4) is 33.9 Å². The van der Waals surface area contributed by atoms with Gasteiger partial charge in [-0.05, 0) is 24.3 Å². The van der Waals surface area contributed by atoms with E-state index in [2.05, 4.69) is 14.7 Å². The van der Waals surface area contributed by atoms with Crippen molar-refractivity contribution in [2.45, 2.75) is 0 Å². The highest BCUT2D eigenvalue weighted by molar-refractivity contribution is 7.80. The van der Waals surface area contributed by atoms with Crippen LogP contribution in [0.5, 0.6) is 0 Å². The molecule has 2 heterocycles. The molecule has 134 valence electrons. The Hall–Kier alpha value is -3.29. The molecule has 0 aliphatic heterocycles. The minimum Gasteiger partial charge on any atom is -0.337 e. The zero-order valence-electron chi connectivity index (χ0n) is 14.2. The first kappa shape index (κ1) is 17.1. The van der Waals surface area contributed by atoms with Crippen LogP contribution < -0.4 is 4.72 Å². The van der Waals surface area contributed by atoms with Crippen molar-refractivity contribution in [2.75, 3.05) is 4.72 Å². The van der Waals surface area contributed by atoms with Gasteiger partial charge in [0.15, 0.2) is 0 Å². The van der Waals surface area contributed by atoms with Crippen LogP contribution in [0.3, 0.4) is 0 Å². The second-order valence-corrected chi connectivity index (χ2v) is 6.55. The van der Waals surface area contributed by atoms with Crippen LogP contribution in [0.2, 0.25) is 0 Å². The predicted octanol–water partition coefficient (Wildman–Crippen LogP) is 4.35. The zero-order valence-corrected chi connectivity index (χ0v) is 15.0. The highest BCUT2D eigenvalue weighted by atomic mass is 32.2. The fraction of sp³-hybridized carbons (Fsp3) is 0. The van der Waals surface area contributed by atoms with Gasteiger partial charge < -0.3 is 4.98 Å². The molecule has 1 atom stereocenters. The summed E-state index contributed by atoms with van der Waals surface area (Å²) in [5.41, 5.74) is 4.93. The summed E-state index contributed by atoms with van der Waals surface area (Å²) >= 11 is -2.13. The maximum absolute atomic E-state index is 11.1. The van der Waals surface area contributed by atoms with Gasteiger partial charge in [-0.2, -0.15) is 0 Å². The minimum absolute atomic E-state index is 0.546. The SMILES string of the molecule is O=S(O)Nc1cccc(-c2[nH]c(-c3ccccc3)nc2-c2ccncc2)c1. The Bertz CT molecular complexity index is 1080. The van der Waals surface area contributed by atoms with Crippen molar-refractivity contribution in [1.82, 2.24) is 15.0 Å². The number of anilines is 1. The van der Waals surface area contributed by atoms with Crippen LogP contribution in [0.25, 0.3) is 33.9 Å². The van der Waals surface area contributed by atoms with E-state index in [1.165, 1.54) is 0 Å². The van der Waals surface area contributed by atoms with Crippen molar-refractivity contribution in [1.29, 1.82) is 0 Å². The number of aromatic nitrogens is 3. The van der Waals surface area contributed by atoms with E-state index >= 15 is 0 Å². The molecule has 4 rings (SSSR count). The third-order valence-electron chi connectivity index (χ3n) is 4.06. The van der Waals surface area contributed by atoms with Gasteiger partial charge in [-0.25, -0.2) is 9.19 Å². The number of nitrogens with zero attached hydrogens (tertiary/aromatic N) is 2. The molecular formula is C20H16N4O2S. The lowest BCUT2D eigenvalue weighted by molar-refractivity contribution is 0.570. The van der Waals surface area contributed by atoms with E-state index in [0.717, 1.165) is 33.9 Å². The number of imidazole rings is 1. The van der Waals surface area contributed by atoms with Crippen LogP contribution in [0.15, 0.2) is 79.1 Å². The molecule has 27 heavy (non-hydrogen) atoms. The summed E-state index contributed by atoms with van der Waals surface area (Å²) in [4.78, 5) is 12.3. The van der Waals surface area contributed by atoms with Crippen molar-refractivity contribution in [3.63, 3.8) is 0 Å². The maximum Gasteiger partial charge on any atom is 0.259 e. The molecule has 0 spiro atoms. The molecule has 0 saturated heterocycles. The summed E-state index contributed by atoms with van der Waals surface area (Å²) in [6.45, 7) is 0. The average molecular weight is 376 g/mol. The van der Waals surface area contributed by atoms with E-state index in [1.54, 1.807) is 24.5 Å². The first-order valence-corrected chi connectivity index (χ1v) is 9.35. The van der Waals surface area contributed by atoms with Gasteiger partial charge in [0, 0.05) is 34.8 Å². The third-order valence-corrected chi connectivity index (χ3v) is 4.47. The van der Waals surface area contributed by atoms with E-state index in [0.29, 0.717) is 5.69 Å². The lowest BCUT2D eigenvalue weighted by atomic mass is 10.1. The number of aromatic amines is 1. The molecule has 0 saturated carbocycles. The van der Waals surface area contributed by atoms with E-state index in [9.17, 15) is 4.21 Å². The van der Waals surface area contributed by atoms with Gasteiger partial charge in [0.25, 0.3) is 11.3 Å². The molecule has 0 fully saturated rings. The van der Waals surface area contributed by atoms with Crippen LogP contribution in [0, 0.1) is 0 Å². The topological polar surface area (TPSA) is 90.9 Å². The summed E-state index contributed by atoms with van der Waals surface area (Å²) in [5, 5.41) is 0. The molecular weight excluding hydrogens is 360 g/mol. The number of benzene rings is 2. The number of hydrogen-bond donors (Lipinski definition) is 3. The van der Waals surface area contributed by atoms with Gasteiger partial charge in [0.1, 0.15) is 5.82 Å². The molecule has 4 aromatic rings. The van der Waals surface area contributed by atoms with Crippen molar-refractivity contribution >= 4 is 17.0 Å². The highest BCUT2D eigenvalue weighted by Crippen LogP contribution is 2.33. The minimum atomic E-state index is -2.13. The fourth-order valence-electron chi connectivity index (χ4n) is 2.87. The van der Waals surface area contributed by atoms with E-state index < -0.39 is 11.3 Å². The van der Waals surface area contributed by atoms with Gasteiger partial charge in [0.2, 0.25) is 0 Å². The highest BCUT2D eigenvalue weighted by Gasteiger charge is 2.15. The van der Waals surface area contributed by atoms with Crippen LogP contribution in [0.4, 0.5) is 5.69 Å². The molecule has 0 aliphatic rings. The van der Waals surface area contributed by atoms with Crippen molar-refractivity contribution in [2.24, 2.45) is 0 Å². The molecule has 0 aliphatic carbocycles. The molecule has 0 radical (unpaired) electrons. The van der Waals surface area contributed by atoms with Gasteiger partial charge in [-0.1, -0.05) is 42.5 Å². The summed E-state index contributed by atoms with van der Waals surface area (Å²) in [7, 11) is 0. The summed E-state index contributed by atoms with van der Waals surface area (Å²) in [6.07, 6.45) is 3.45.